The van der Waals surface area contributed by atoms with Crippen molar-refractivity contribution in [1.29, 1.82) is 0 Å². The summed E-state index contributed by atoms with van der Waals surface area (Å²) in [6.45, 7) is 4.50. The predicted octanol–water partition coefficient (Wildman–Crippen LogP) is 0.288. The molecule has 5 nitrogen and oxygen atoms in total. The summed E-state index contributed by atoms with van der Waals surface area (Å²) in [4.78, 5) is 13.5. The Morgan fingerprint density at radius 1 is 1.19 bits per heavy atom. The third-order valence-electron chi connectivity index (χ3n) is 2.52. The normalized spacial score (nSPS) is 16.6. The third-order valence-corrected chi connectivity index (χ3v) is 2.52. The van der Waals surface area contributed by atoms with E-state index in [1.807, 2.05) is 0 Å². The Labute approximate surface area is 96.6 Å². The van der Waals surface area contributed by atoms with Gasteiger partial charge in [0.05, 0.1) is 13.2 Å². The van der Waals surface area contributed by atoms with Crippen molar-refractivity contribution in [3.63, 3.8) is 0 Å². The lowest BCUT2D eigenvalue weighted by Gasteiger charge is -2.14. The van der Waals surface area contributed by atoms with E-state index in [2.05, 4.69) is 4.90 Å². The first-order chi connectivity index (χ1) is 7.83. The minimum Gasteiger partial charge on any atom is -0.463 e. The van der Waals surface area contributed by atoms with Gasteiger partial charge in [-0.15, -0.1) is 0 Å². The monoisotopic (exact) mass is 231 g/mol. The summed E-state index contributed by atoms with van der Waals surface area (Å²) in [5.41, 5.74) is 0. The maximum absolute atomic E-state index is 11.2. The maximum atomic E-state index is 11.2. The van der Waals surface area contributed by atoms with E-state index in [0.29, 0.717) is 19.8 Å². The molecule has 0 radical (unpaired) electrons. The van der Waals surface area contributed by atoms with Gasteiger partial charge in [0.15, 0.2) is 0 Å². The van der Waals surface area contributed by atoms with E-state index in [-0.39, 0.29) is 12.6 Å². The molecule has 0 aromatic heterocycles. The Morgan fingerprint density at radius 3 is 2.62 bits per heavy atom. The Balaban J connectivity index is 1.89. The van der Waals surface area contributed by atoms with Crippen LogP contribution < -0.4 is 0 Å². The maximum Gasteiger partial charge on any atom is 0.332 e. The molecule has 0 N–H and O–H groups in total. The third kappa shape index (κ3) is 6.05. The lowest BCUT2D eigenvalue weighted by atomic mass is 10.4. The molecule has 16 heavy (non-hydrogen) atoms. The number of hydrogen-bond donors (Lipinski definition) is 0. The minimum atomic E-state index is -0.296. The number of carbonyl (C=O) groups is 1. The summed E-state index contributed by atoms with van der Waals surface area (Å²) in [6.07, 6.45) is 2.52. The van der Waals surface area contributed by atoms with Crippen LogP contribution in [-0.4, -0.2) is 64.0 Å². The van der Waals surface area contributed by atoms with Gasteiger partial charge in [0.1, 0.15) is 13.2 Å². The number of nitrogens with zero attached hydrogens (tertiary/aromatic N) is 1. The Kier molecular flexibility index (Phi) is 7.12. The zero-order valence-corrected chi connectivity index (χ0v) is 9.94. The van der Waals surface area contributed by atoms with Crippen molar-refractivity contribution >= 4 is 5.97 Å². The zero-order chi connectivity index (χ0) is 11.6. The largest absolute Gasteiger partial charge is 0.463 e. The highest BCUT2D eigenvalue weighted by Gasteiger charge is 2.11. The van der Waals surface area contributed by atoms with Crippen LogP contribution in [0.4, 0.5) is 0 Å². The van der Waals surface area contributed by atoms with Crippen LogP contribution in [-0.2, 0) is 19.0 Å². The summed E-state index contributed by atoms with van der Waals surface area (Å²) in [5, 5.41) is 0. The van der Waals surface area contributed by atoms with Gasteiger partial charge in [0.2, 0.25) is 0 Å². The number of hydrogen-bond acceptors (Lipinski definition) is 5. The molecule has 0 spiro atoms. The van der Waals surface area contributed by atoms with Crippen molar-refractivity contribution in [2.45, 2.75) is 12.8 Å². The van der Waals surface area contributed by atoms with Crippen LogP contribution in [0.2, 0.25) is 0 Å². The van der Waals surface area contributed by atoms with Crippen LogP contribution in [0.15, 0.2) is 0 Å². The molecule has 1 rings (SSSR count). The van der Waals surface area contributed by atoms with Crippen molar-refractivity contribution in [2.24, 2.45) is 0 Å². The summed E-state index contributed by atoms with van der Waals surface area (Å²) < 4.78 is 14.9. The Morgan fingerprint density at radius 2 is 1.94 bits per heavy atom. The van der Waals surface area contributed by atoms with E-state index < -0.39 is 0 Å². The lowest BCUT2D eigenvalue weighted by molar-refractivity contribution is -0.149. The van der Waals surface area contributed by atoms with E-state index in [0.717, 1.165) is 19.6 Å². The summed E-state index contributed by atoms with van der Waals surface area (Å²) in [6, 6.07) is 0. The average Bonchev–Trinajstić information content (AvgIpc) is 2.77. The number of likely N-dealkylation sites (tertiary alicyclic amines) is 1. The molecule has 0 atom stereocenters. The molecule has 5 heteroatoms. The molecule has 94 valence electrons. The average molecular weight is 231 g/mol. The van der Waals surface area contributed by atoms with Crippen LogP contribution in [0.25, 0.3) is 0 Å². The van der Waals surface area contributed by atoms with E-state index in [4.69, 9.17) is 14.2 Å². The van der Waals surface area contributed by atoms with Gasteiger partial charge in [-0.3, -0.25) is 4.90 Å². The molecule has 1 heterocycles. The van der Waals surface area contributed by atoms with E-state index in [1.54, 1.807) is 7.11 Å². The zero-order valence-electron chi connectivity index (χ0n) is 9.94. The Hall–Kier alpha value is -0.650. The first-order valence-corrected chi connectivity index (χ1v) is 5.77. The minimum absolute atomic E-state index is 0.0172. The number of carbonyl (C=O) groups excluding carboxylic acids is 1. The molecule has 0 aromatic rings. The molecule has 0 aliphatic carbocycles. The van der Waals surface area contributed by atoms with Crippen LogP contribution >= 0.6 is 0 Å². The van der Waals surface area contributed by atoms with Gasteiger partial charge in [-0.1, -0.05) is 0 Å². The molecule has 0 saturated carbocycles. The quantitative estimate of drug-likeness (QED) is 0.444. The molecule has 0 amide bonds. The number of methoxy groups -OCH3 is 1. The van der Waals surface area contributed by atoms with Crippen LogP contribution in [0, 0.1) is 0 Å². The smallest absolute Gasteiger partial charge is 0.332 e. The molecular weight excluding hydrogens is 210 g/mol. The first kappa shape index (κ1) is 13.4. The number of esters is 1. The van der Waals surface area contributed by atoms with Crippen molar-refractivity contribution in [3.05, 3.63) is 0 Å². The second kappa shape index (κ2) is 8.50. The molecule has 1 saturated heterocycles. The highest BCUT2D eigenvalue weighted by Crippen LogP contribution is 2.05. The highest BCUT2D eigenvalue weighted by molar-refractivity contribution is 5.70. The van der Waals surface area contributed by atoms with E-state index in [1.165, 1.54) is 12.8 Å². The molecular formula is C11H21NO4. The summed E-state index contributed by atoms with van der Waals surface area (Å²) >= 11 is 0. The van der Waals surface area contributed by atoms with Crippen molar-refractivity contribution in [3.8, 4) is 0 Å². The van der Waals surface area contributed by atoms with E-state index >= 15 is 0 Å². The van der Waals surface area contributed by atoms with Gasteiger partial charge in [-0.05, 0) is 25.9 Å². The van der Waals surface area contributed by atoms with Crippen molar-refractivity contribution in [2.75, 3.05) is 53.2 Å². The van der Waals surface area contributed by atoms with Gasteiger partial charge in [0.25, 0.3) is 0 Å². The number of ether oxygens (including phenoxy) is 3. The highest BCUT2D eigenvalue weighted by atomic mass is 16.6. The molecule has 0 bridgehead atoms. The molecule has 1 fully saturated rings. The number of rotatable bonds is 8. The van der Waals surface area contributed by atoms with Crippen LogP contribution in [0.1, 0.15) is 12.8 Å². The molecule has 1 aliphatic rings. The lowest BCUT2D eigenvalue weighted by Crippen LogP contribution is -2.26. The van der Waals surface area contributed by atoms with Crippen molar-refractivity contribution in [1.82, 2.24) is 4.90 Å². The van der Waals surface area contributed by atoms with Gasteiger partial charge < -0.3 is 14.2 Å². The molecule has 1 aliphatic heterocycles. The summed E-state index contributed by atoms with van der Waals surface area (Å²) in [5.74, 6) is -0.296. The topological polar surface area (TPSA) is 48.0 Å². The van der Waals surface area contributed by atoms with Crippen LogP contribution in [0.5, 0.6) is 0 Å². The van der Waals surface area contributed by atoms with Crippen molar-refractivity contribution < 1.29 is 19.0 Å². The van der Waals surface area contributed by atoms with E-state index in [9.17, 15) is 4.79 Å². The second-order valence-electron chi connectivity index (χ2n) is 3.81. The Bertz CT molecular complexity index is 192. The van der Waals surface area contributed by atoms with Gasteiger partial charge in [0, 0.05) is 13.7 Å². The van der Waals surface area contributed by atoms with Crippen LogP contribution in [0.3, 0.4) is 0 Å². The summed E-state index contributed by atoms with van der Waals surface area (Å²) in [7, 11) is 1.59. The molecule has 0 unspecified atom stereocenters. The predicted molar refractivity (Wildman–Crippen MR) is 59.3 cm³/mol. The molecule has 0 aromatic carbocycles. The second-order valence-corrected chi connectivity index (χ2v) is 3.81. The van der Waals surface area contributed by atoms with Gasteiger partial charge in [-0.2, -0.15) is 0 Å². The van der Waals surface area contributed by atoms with Gasteiger partial charge >= 0.3 is 5.97 Å². The first-order valence-electron chi connectivity index (χ1n) is 5.77. The fourth-order valence-corrected chi connectivity index (χ4v) is 1.63. The fourth-order valence-electron chi connectivity index (χ4n) is 1.63. The standard InChI is InChI=1S/C11H21NO4/c1-14-8-9-15-10-11(13)16-7-6-12-4-2-3-5-12/h2-10H2,1H3. The van der Waals surface area contributed by atoms with Gasteiger partial charge in [-0.25, -0.2) is 4.79 Å². The fraction of sp³-hybridized carbons (Fsp3) is 0.909. The SMILES string of the molecule is COCCOCC(=O)OCCN1CCCC1.